The molecular formula is C15H17N3O5. The normalized spacial score (nSPS) is 21.5. The number of hydrogen-bond donors (Lipinski definition) is 3. The van der Waals surface area contributed by atoms with Crippen molar-refractivity contribution in [2.24, 2.45) is 10.8 Å². The third kappa shape index (κ3) is 2.94. The van der Waals surface area contributed by atoms with Gasteiger partial charge in [-0.15, -0.1) is 4.59 Å². The van der Waals surface area contributed by atoms with E-state index >= 15 is 0 Å². The van der Waals surface area contributed by atoms with E-state index in [1.165, 1.54) is 12.1 Å². The van der Waals surface area contributed by atoms with Crippen LogP contribution in [-0.2, 0) is 9.59 Å². The molecule has 1 heterocycles. The number of nitrogens with zero attached hydrogens (tertiary/aromatic N) is 2. The van der Waals surface area contributed by atoms with Gasteiger partial charge in [0.15, 0.2) is 11.4 Å². The number of aliphatic carboxylic acids is 2. The van der Waals surface area contributed by atoms with E-state index in [-0.39, 0.29) is 12.3 Å². The van der Waals surface area contributed by atoms with Gasteiger partial charge in [0.1, 0.15) is 24.0 Å². The van der Waals surface area contributed by atoms with Crippen molar-refractivity contribution >= 4 is 23.3 Å². The molecule has 8 nitrogen and oxygen atoms in total. The molecule has 2 rings (SSSR count). The van der Waals surface area contributed by atoms with E-state index < -0.39 is 28.3 Å². The molecule has 8 heteroatoms. The number of fused-ring (bicyclic) bond motifs is 1. The van der Waals surface area contributed by atoms with Crippen LogP contribution in [0.4, 0.5) is 5.69 Å². The summed E-state index contributed by atoms with van der Waals surface area (Å²) in [5, 5.41) is 34.7. The maximum absolute atomic E-state index is 11.6. The van der Waals surface area contributed by atoms with E-state index in [4.69, 9.17) is 10.8 Å². The van der Waals surface area contributed by atoms with Crippen molar-refractivity contribution in [3.63, 3.8) is 0 Å². The van der Waals surface area contributed by atoms with E-state index in [0.29, 0.717) is 23.0 Å². The maximum Gasteiger partial charge on any atom is 0.334 e. The highest BCUT2D eigenvalue weighted by atomic mass is 16.4. The average molecular weight is 319 g/mol. The second-order valence-electron chi connectivity index (χ2n) is 5.47. The Balaban J connectivity index is 2.80. The molecule has 0 bridgehead atoms. The highest BCUT2D eigenvalue weighted by Gasteiger charge is 2.45. The molecule has 23 heavy (non-hydrogen) atoms. The van der Waals surface area contributed by atoms with Crippen LogP contribution in [0.3, 0.4) is 0 Å². The molecule has 1 aliphatic rings. The lowest BCUT2D eigenvalue weighted by molar-refractivity contribution is -0.301. The summed E-state index contributed by atoms with van der Waals surface area (Å²) in [4.78, 5) is 22.6. The summed E-state index contributed by atoms with van der Waals surface area (Å²) in [5.74, 6) is -3.19. The molecule has 0 amide bonds. The first kappa shape index (κ1) is 16.7. The first-order valence-electron chi connectivity index (χ1n) is 6.88. The fraction of sp³-hybridized carbons (Fsp3) is 0.267. The zero-order valence-corrected chi connectivity index (χ0v) is 12.7. The minimum absolute atomic E-state index is 0.000880. The summed E-state index contributed by atoms with van der Waals surface area (Å²) in [6, 6.07) is 3.91. The van der Waals surface area contributed by atoms with Crippen LogP contribution < -0.4 is 15.4 Å². The van der Waals surface area contributed by atoms with Crippen LogP contribution in [0.25, 0.3) is 0 Å². The summed E-state index contributed by atoms with van der Waals surface area (Å²) in [7, 11) is 0. The maximum atomic E-state index is 11.6. The van der Waals surface area contributed by atoms with Crippen molar-refractivity contribution in [3.05, 3.63) is 35.5 Å². The second-order valence-corrected chi connectivity index (χ2v) is 5.47. The van der Waals surface area contributed by atoms with E-state index in [0.717, 1.165) is 0 Å². The molecule has 0 saturated carbocycles. The standard InChI is InChI=1S/C15H17N3O5/c1-8(16)7-18(13(15(22)23)6-14(20)21)12-5-10(19)3-4-11(12)9(2)17-18/h3-6,8H,7,16H2,1-2H3,(H2-,17,19,20,21,22,23)/b13-6+. The van der Waals surface area contributed by atoms with E-state index in [2.05, 4.69) is 5.10 Å². The van der Waals surface area contributed by atoms with Gasteiger partial charge in [-0.2, -0.15) is 0 Å². The van der Waals surface area contributed by atoms with Crippen molar-refractivity contribution in [2.75, 3.05) is 6.54 Å². The zero-order valence-electron chi connectivity index (χ0n) is 12.7. The SMILES string of the molecule is CC1=N[N+](CC(C)N)(/C(=C/C(=O)O)C(=O)[O-])c2cc(O)ccc21. The minimum atomic E-state index is -1.67. The van der Waals surface area contributed by atoms with E-state index in [1.807, 2.05) is 0 Å². The highest BCUT2D eigenvalue weighted by molar-refractivity contribution is 6.08. The molecule has 2 atom stereocenters. The lowest BCUT2D eigenvalue weighted by Crippen LogP contribution is -2.53. The van der Waals surface area contributed by atoms with Gasteiger partial charge in [-0.05, 0) is 26.0 Å². The average Bonchev–Trinajstić information content (AvgIpc) is 2.68. The molecule has 0 saturated heterocycles. The third-order valence-corrected chi connectivity index (χ3v) is 3.51. The summed E-state index contributed by atoms with van der Waals surface area (Å²) in [5.41, 5.74) is 6.74. The number of carbonyl (C=O) groups is 2. The Labute approximate surface area is 132 Å². The number of aromatic hydroxyl groups is 1. The molecule has 2 unspecified atom stereocenters. The fourth-order valence-electron chi connectivity index (χ4n) is 2.77. The fourth-order valence-corrected chi connectivity index (χ4v) is 2.77. The zero-order chi connectivity index (χ0) is 17.4. The smallest absolute Gasteiger partial charge is 0.334 e. The molecule has 0 fully saturated rings. The second kappa shape index (κ2) is 5.82. The Morgan fingerprint density at radius 1 is 1.48 bits per heavy atom. The van der Waals surface area contributed by atoms with Gasteiger partial charge in [-0.3, -0.25) is 0 Å². The summed E-state index contributed by atoms with van der Waals surface area (Å²) >= 11 is 0. The Hall–Kier alpha value is -2.71. The molecule has 0 radical (unpaired) electrons. The molecule has 1 aliphatic heterocycles. The topological polar surface area (TPSA) is 136 Å². The minimum Gasteiger partial charge on any atom is -0.540 e. The summed E-state index contributed by atoms with van der Waals surface area (Å²) in [6.45, 7) is 3.32. The predicted octanol–water partition coefficient (Wildman–Crippen LogP) is -0.497. The molecule has 0 aromatic heterocycles. The summed E-state index contributed by atoms with van der Waals surface area (Å²) in [6.07, 6.45) is 0.549. The van der Waals surface area contributed by atoms with Crippen LogP contribution in [0, 0.1) is 0 Å². The molecule has 0 aliphatic carbocycles. The van der Waals surface area contributed by atoms with Crippen molar-refractivity contribution in [1.82, 2.24) is 4.59 Å². The molecule has 0 spiro atoms. The molecule has 1 aromatic rings. The first-order valence-corrected chi connectivity index (χ1v) is 6.88. The van der Waals surface area contributed by atoms with Crippen LogP contribution in [0.15, 0.2) is 35.1 Å². The van der Waals surface area contributed by atoms with Gasteiger partial charge in [-0.1, -0.05) is 5.10 Å². The number of carbonyl (C=O) groups excluding carboxylic acids is 1. The van der Waals surface area contributed by atoms with Gasteiger partial charge < -0.3 is 25.8 Å². The van der Waals surface area contributed by atoms with Gasteiger partial charge in [0.25, 0.3) is 0 Å². The van der Waals surface area contributed by atoms with E-state index in [1.54, 1.807) is 19.9 Å². The molecule has 4 N–H and O–H groups in total. The van der Waals surface area contributed by atoms with Crippen molar-refractivity contribution in [3.8, 4) is 5.75 Å². The van der Waals surface area contributed by atoms with Gasteiger partial charge in [0.05, 0.1) is 17.7 Å². The van der Waals surface area contributed by atoms with Crippen molar-refractivity contribution in [2.45, 2.75) is 19.9 Å². The van der Waals surface area contributed by atoms with Gasteiger partial charge in [0, 0.05) is 6.07 Å². The van der Waals surface area contributed by atoms with Crippen LogP contribution in [0.2, 0.25) is 0 Å². The molecule has 122 valence electrons. The van der Waals surface area contributed by atoms with Crippen molar-refractivity contribution in [1.29, 1.82) is 0 Å². The highest BCUT2D eigenvalue weighted by Crippen LogP contribution is 2.41. The number of carboxylic acid groups (broad SMARTS) is 2. The molecular weight excluding hydrogens is 302 g/mol. The Kier molecular flexibility index (Phi) is 4.22. The number of nitrogens with two attached hydrogens (primary N) is 1. The van der Waals surface area contributed by atoms with Crippen LogP contribution in [0.5, 0.6) is 5.75 Å². The quantitative estimate of drug-likeness (QED) is 0.494. The number of benzene rings is 1. The Morgan fingerprint density at radius 3 is 2.65 bits per heavy atom. The number of carboxylic acids is 2. The van der Waals surface area contributed by atoms with Gasteiger partial charge >= 0.3 is 5.97 Å². The lowest BCUT2D eigenvalue weighted by atomic mass is 10.1. The first-order chi connectivity index (χ1) is 10.7. The monoisotopic (exact) mass is 319 g/mol. The molecule has 1 aromatic carbocycles. The van der Waals surface area contributed by atoms with Gasteiger partial charge in [-0.25, -0.2) is 4.79 Å². The Bertz CT molecular complexity index is 739. The Morgan fingerprint density at radius 2 is 2.13 bits per heavy atom. The van der Waals surface area contributed by atoms with Gasteiger partial charge in [0.2, 0.25) is 0 Å². The number of quaternary nitrogens is 1. The summed E-state index contributed by atoms with van der Waals surface area (Å²) < 4.78 is -0.665. The third-order valence-electron chi connectivity index (χ3n) is 3.51. The van der Waals surface area contributed by atoms with Crippen LogP contribution in [0.1, 0.15) is 19.4 Å². The largest absolute Gasteiger partial charge is 0.540 e. The number of hydrogen-bond acceptors (Lipinski definition) is 6. The van der Waals surface area contributed by atoms with E-state index in [9.17, 15) is 19.8 Å². The van der Waals surface area contributed by atoms with Crippen LogP contribution in [-0.4, -0.2) is 40.4 Å². The lowest BCUT2D eigenvalue weighted by Gasteiger charge is -2.32. The van der Waals surface area contributed by atoms with Crippen molar-refractivity contribution < 1.29 is 24.9 Å². The number of phenolic OH excluding ortho intramolecular Hbond substituents is 1. The number of rotatable bonds is 5. The number of phenols is 1. The van der Waals surface area contributed by atoms with Crippen LogP contribution >= 0.6 is 0 Å². The predicted molar refractivity (Wildman–Crippen MR) is 81.4 cm³/mol.